The van der Waals surface area contributed by atoms with E-state index < -0.39 is 0 Å². The molecule has 1 unspecified atom stereocenters. The van der Waals surface area contributed by atoms with Gasteiger partial charge in [-0.1, -0.05) is 41.9 Å². The highest BCUT2D eigenvalue weighted by molar-refractivity contribution is 7.17. The standard InChI is InChI=1S/C15H12ClNS/c16-11-7-5-10(6-8-11)15(17)13-9-18-14-4-2-1-3-12(13)14/h1-9,15H,17H2. The van der Waals surface area contributed by atoms with Gasteiger partial charge in [0.25, 0.3) is 0 Å². The van der Waals surface area contributed by atoms with Crippen molar-refractivity contribution < 1.29 is 0 Å². The molecular formula is C15H12ClNS. The molecule has 0 aliphatic heterocycles. The van der Waals surface area contributed by atoms with Crippen molar-refractivity contribution in [2.45, 2.75) is 6.04 Å². The first kappa shape index (κ1) is 11.7. The number of hydrogen-bond donors (Lipinski definition) is 1. The smallest absolute Gasteiger partial charge is 0.0566 e. The lowest BCUT2D eigenvalue weighted by molar-refractivity contribution is 0.885. The third kappa shape index (κ3) is 2.03. The van der Waals surface area contributed by atoms with E-state index in [1.165, 1.54) is 15.6 Å². The molecule has 0 aliphatic rings. The van der Waals surface area contributed by atoms with Gasteiger partial charge in [-0.05, 0) is 40.1 Å². The van der Waals surface area contributed by atoms with Gasteiger partial charge < -0.3 is 5.73 Å². The number of thiophene rings is 1. The van der Waals surface area contributed by atoms with Crippen LogP contribution in [-0.4, -0.2) is 0 Å². The molecule has 3 rings (SSSR count). The van der Waals surface area contributed by atoms with Gasteiger partial charge in [-0.25, -0.2) is 0 Å². The Balaban J connectivity index is 2.06. The van der Waals surface area contributed by atoms with Gasteiger partial charge in [-0.2, -0.15) is 0 Å². The molecule has 90 valence electrons. The summed E-state index contributed by atoms with van der Waals surface area (Å²) in [6.07, 6.45) is 0. The van der Waals surface area contributed by atoms with Crippen molar-refractivity contribution in [3.05, 3.63) is 70.1 Å². The predicted molar refractivity (Wildman–Crippen MR) is 79.3 cm³/mol. The van der Waals surface area contributed by atoms with Crippen LogP contribution in [0.2, 0.25) is 5.02 Å². The molecule has 2 N–H and O–H groups in total. The predicted octanol–water partition coefficient (Wildman–Crippen LogP) is 4.60. The Hall–Kier alpha value is -1.35. The van der Waals surface area contributed by atoms with Gasteiger partial charge in [0.1, 0.15) is 0 Å². The third-order valence-corrected chi connectivity index (χ3v) is 4.31. The van der Waals surface area contributed by atoms with Crippen LogP contribution in [0.4, 0.5) is 0 Å². The highest BCUT2D eigenvalue weighted by Crippen LogP contribution is 2.32. The molecule has 1 nitrogen and oxygen atoms in total. The summed E-state index contributed by atoms with van der Waals surface area (Å²) in [6, 6.07) is 16.0. The number of hydrogen-bond acceptors (Lipinski definition) is 2. The molecule has 0 saturated heterocycles. The number of nitrogens with two attached hydrogens (primary N) is 1. The van der Waals surface area contributed by atoms with Crippen molar-refractivity contribution in [1.82, 2.24) is 0 Å². The topological polar surface area (TPSA) is 26.0 Å². The van der Waals surface area contributed by atoms with E-state index in [4.69, 9.17) is 17.3 Å². The molecule has 0 saturated carbocycles. The van der Waals surface area contributed by atoms with Gasteiger partial charge in [-0.3, -0.25) is 0 Å². The van der Waals surface area contributed by atoms with Crippen LogP contribution in [0.25, 0.3) is 10.1 Å². The van der Waals surface area contributed by atoms with Crippen LogP contribution in [0.1, 0.15) is 17.2 Å². The Morgan fingerprint density at radius 3 is 2.50 bits per heavy atom. The van der Waals surface area contributed by atoms with Crippen LogP contribution >= 0.6 is 22.9 Å². The zero-order chi connectivity index (χ0) is 12.5. The summed E-state index contributed by atoms with van der Waals surface area (Å²) >= 11 is 7.63. The molecule has 1 aromatic heterocycles. The zero-order valence-electron chi connectivity index (χ0n) is 9.64. The minimum atomic E-state index is -0.0987. The summed E-state index contributed by atoms with van der Waals surface area (Å²) in [5, 5.41) is 4.12. The maximum atomic E-state index is 6.34. The van der Waals surface area contributed by atoms with Crippen LogP contribution in [0.3, 0.4) is 0 Å². The molecule has 3 heteroatoms. The van der Waals surface area contributed by atoms with Crippen LogP contribution in [0, 0.1) is 0 Å². The van der Waals surface area contributed by atoms with Crippen LogP contribution < -0.4 is 5.73 Å². The van der Waals surface area contributed by atoms with Gasteiger partial charge >= 0.3 is 0 Å². The molecule has 2 aromatic carbocycles. The lowest BCUT2D eigenvalue weighted by Crippen LogP contribution is -2.10. The molecule has 1 atom stereocenters. The van der Waals surface area contributed by atoms with E-state index in [9.17, 15) is 0 Å². The van der Waals surface area contributed by atoms with E-state index in [2.05, 4.69) is 23.6 Å². The normalized spacial score (nSPS) is 12.8. The maximum absolute atomic E-state index is 6.34. The largest absolute Gasteiger partial charge is 0.320 e. The summed E-state index contributed by atoms with van der Waals surface area (Å²) in [5.41, 5.74) is 8.61. The summed E-state index contributed by atoms with van der Waals surface area (Å²) < 4.78 is 1.27. The number of benzene rings is 2. The first-order valence-electron chi connectivity index (χ1n) is 5.73. The van der Waals surface area contributed by atoms with Crippen molar-refractivity contribution in [1.29, 1.82) is 0 Å². The van der Waals surface area contributed by atoms with E-state index in [0.717, 1.165) is 10.6 Å². The summed E-state index contributed by atoms with van der Waals surface area (Å²) in [4.78, 5) is 0. The Morgan fingerprint density at radius 2 is 1.72 bits per heavy atom. The summed E-state index contributed by atoms with van der Waals surface area (Å²) in [5.74, 6) is 0. The molecule has 18 heavy (non-hydrogen) atoms. The fourth-order valence-electron chi connectivity index (χ4n) is 2.09. The molecule has 0 aliphatic carbocycles. The van der Waals surface area contributed by atoms with Gasteiger partial charge in [0.15, 0.2) is 0 Å². The average Bonchev–Trinajstić information content (AvgIpc) is 2.82. The van der Waals surface area contributed by atoms with Crippen molar-refractivity contribution >= 4 is 33.0 Å². The second kappa shape index (κ2) is 4.73. The fraction of sp³-hybridized carbons (Fsp3) is 0.0667. The van der Waals surface area contributed by atoms with E-state index in [0.29, 0.717) is 0 Å². The third-order valence-electron chi connectivity index (χ3n) is 3.08. The highest BCUT2D eigenvalue weighted by atomic mass is 35.5. The molecule has 0 bridgehead atoms. The van der Waals surface area contributed by atoms with Crippen LogP contribution in [-0.2, 0) is 0 Å². The van der Waals surface area contributed by atoms with Crippen molar-refractivity contribution in [3.8, 4) is 0 Å². The van der Waals surface area contributed by atoms with E-state index in [1.54, 1.807) is 11.3 Å². The fourth-order valence-corrected chi connectivity index (χ4v) is 3.21. The van der Waals surface area contributed by atoms with E-state index in [-0.39, 0.29) is 6.04 Å². The summed E-state index contributed by atoms with van der Waals surface area (Å²) in [6.45, 7) is 0. The minimum absolute atomic E-state index is 0.0987. The van der Waals surface area contributed by atoms with Gasteiger partial charge in [0.2, 0.25) is 0 Å². The van der Waals surface area contributed by atoms with Gasteiger partial charge in [-0.15, -0.1) is 11.3 Å². The molecule has 3 aromatic rings. The Morgan fingerprint density at radius 1 is 1.00 bits per heavy atom. The number of rotatable bonds is 2. The maximum Gasteiger partial charge on any atom is 0.0566 e. The average molecular weight is 274 g/mol. The van der Waals surface area contributed by atoms with Gasteiger partial charge in [0, 0.05) is 9.72 Å². The first-order valence-corrected chi connectivity index (χ1v) is 6.98. The molecular weight excluding hydrogens is 262 g/mol. The second-order valence-corrected chi connectivity index (χ2v) is 5.56. The summed E-state index contributed by atoms with van der Waals surface area (Å²) in [7, 11) is 0. The molecule has 0 spiro atoms. The van der Waals surface area contributed by atoms with Crippen molar-refractivity contribution in [2.75, 3.05) is 0 Å². The Labute approximate surface area is 115 Å². The van der Waals surface area contributed by atoms with E-state index >= 15 is 0 Å². The van der Waals surface area contributed by atoms with Crippen molar-refractivity contribution in [3.63, 3.8) is 0 Å². The zero-order valence-corrected chi connectivity index (χ0v) is 11.2. The minimum Gasteiger partial charge on any atom is -0.320 e. The highest BCUT2D eigenvalue weighted by Gasteiger charge is 2.13. The monoisotopic (exact) mass is 273 g/mol. The number of halogens is 1. The first-order chi connectivity index (χ1) is 8.75. The Kier molecular flexibility index (Phi) is 3.08. The lowest BCUT2D eigenvalue weighted by atomic mass is 9.99. The SMILES string of the molecule is NC(c1ccc(Cl)cc1)c1csc2ccccc12. The molecule has 1 heterocycles. The quantitative estimate of drug-likeness (QED) is 0.725. The van der Waals surface area contributed by atoms with E-state index in [1.807, 2.05) is 30.3 Å². The van der Waals surface area contributed by atoms with Gasteiger partial charge in [0.05, 0.1) is 6.04 Å². The number of fused-ring (bicyclic) bond motifs is 1. The molecule has 0 amide bonds. The van der Waals surface area contributed by atoms with Crippen LogP contribution in [0.15, 0.2) is 53.9 Å². The van der Waals surface area contributed by atoms with Crippen molar-refractivity contribution in [2.24, 2.45) is 5.73 Å². The molecule has 0 fully saturated rings. The van der Waals surface area contributed by atoms with Crippen LogP contribution in [0.5, 0.6) is 0 Å². The lowest BCUT2D eigenvalue weighted by Gasteiger charge is -2.11. The molecule has 0 radical (unpaired) electrons. The Bertz CT molecular complexity index is 672. The second-order valence-electron chi connectivity index (χ2n) is 4.22.